The van der Waals surface area contributed by atoms with Gasteiger partial charge in [-0.25, -0.2) is 14.2 Å². The molecular weight excluding hydrogens is 303 g/mol. The monoisotopic (exact) mass is 318 g/mol. The molecule has 0 saturated heterocycles. The number of imidazole rings is 1. The lowest BCUT2D eigenvalue weighted by Gasteiger charge is -2.10. The first-order chi connectivity index (χ1) is 10.9. The maximum Gasteiger partial charge on any atom is 0.332 e. The number of fused-ring (bicyclic) bond motifs is 1. The van der Waals surface area contributed by atoms with E-state index in [0.717, 1.165) is 4.57 Å². The zero-order valence-corrected chi connectivity index (χ0v) is 12.9. The second kappa shape index (κ2) is 5.38. The summed E-state index contributed by atoms with van der Waals surface area (Å²) in [7, 11) is 4.44. The predicted octanol–water partition coefficient (Wildman–Crippen LogP) is 0.630. The molecule has 3 rings (SSSR count). The third-order valence-corrected chi connectivity index (χ3v) is 3.80. The first-order valence-electron chi connectivity index (χ1n) is 6.87. The Morgan fingerprint density at radius 2 is 1.96 bits per heavy atom. The van der Waals surface area contributed by atoms with Crippen molar-refractivity contribution in [2.45, 2.75) is 6.54 Å². The summed E-state index contributed by atoms with van der Waals surface area (Å²) in [5, 5.41) is 0. The van der Waals surface area contributed by atoms with Crippen LogP contribution in [0, 0.1) is 5.82 Å². The van der Waals surface area contributed by atoms with E-state index < -0.39 is 17.1 Å². The highest BCUT2D eigenvalue weighted by Gasteiger charge is 2.15. The molecule has 1 aromatic carbocycles. The largest absolute Gasteiger partial charge is 0.496 e. The summed E-state index contributed by atoms with van der Waals surface area (Å²) in [5.41, 5.74) is 0.240. The number of hydrogen-bond acceptors (Lipinski definition) is 4. The average molecular weight is 318 g/mol. The lowest BCUT2D eigenvalue weighted by atomic mass is 10.2. The number of aryl methyl sites for hydroxylation is 1. The molecule has 0 atom stereocenters. The van der Waals surface area contributed by atoms with Crippen LogP contribution in [0.3, 0.4) is 0 Å². The van der Waals surface area contributed by atoms with Gasteiger partial charge >= 0.3 is 5.69 Å². The average Bonchev–Trinajstić information content (AvgIpc) is 2.95. The molecule has 0 unspecified atom stereocenters. The number of hydrogen-bond donors (Lipinski definition) is 0. The number of benzene rings is 1. The normalized spacial score (nSPS) is 11.1. The molecule has 0 fully saturated rings. The fourth-order valence-corrected chi connectivity index (χ4v) is 2.57. The van der Waals surface area contributed by atoms with E-state index in [1.807, 2.05) is 0 Å². The molecule has 0 aliphatic carbocycles. The summed E-state index contributed by atoms with van der Waals surface area (Å²) in [6, 6.07) is 4.17. The summed E-state index contributed by atoms with van der Waals surface area (Å²) in [6.07, 6.45) is 1.45. The second-order valence-electron chi connectivity index (χ2n) is 5.21. The van der Waals surface area contributed by atoms with E-state index >= 15 is 0 Å². The third kappa shape index (κ3) is 2.32. The Balaban J connectivity index is 2.22. The van der Waals surface area contributed by atoms with Gasteiger partial charge in [-0.3, -0.25) is 13.9 Å². The van der Waals surface area contributed by atoms with Gasteiger partial charge in [0.1, 0.15) is 11.6 Å². The van der Waals surface area contributed by atoms with Crippen molar-refractivity contribution in [3.63, 3.8) is 0 Å². The van der Waals surface area contributed by atoms with Crippen molar-refractivity contribution in [2.75, 3.05) is 7.11 Å². The zero-order chi connectivity index (χ0) is 16.7. The SMILES string of the molecule is COc1ccc(F)cc1Cn1cnc2c1c(=O)n(C)c(=O)n2C. The summed E-state index contributed by atoms with van der Waals surface area (Å²) in [5.74, 6) is 0.111. The maximum atomic E-state index is 13.5. The Hall–Kier alpha value is -2.90. The van der Waals surface area contributed by atoms with Crippen molar-refractivity contribution < 1.29 is 9.13 Å². The van der Waals surface area contributed by atoms with Gasteiger partial charge in [0.2, 0.25) is 0 Å². The fraction of sp³-hybridized carbons (Fsp3) is 0.267. The van der Waals surface area contributed by atoms with Crippen molar-refractivity contribution >= 4 is 11.2 Å². The van der Waals surface area contributed by atoms with Crippen molar-refractivity contribution in [3.8, 4) is 5.75 Å². The van der Waals surface area contributed by atoms with Crippen molar-refractivity contribution in [1.29, 1.82) is 0 Å². The summed E-state index contributed by atoms with van der Waals surface area (Å²) in [4.78, 5) is 28.4. The molecule has 2 aromatic heterocycles. The number of ether oxygens (including phenoxy) is 1. The van der Waals surface area contributed by atoms with E-state index in [1.54, 1.807) is 11.6 Å². The van der Waals surface area contributed by atoms with Crippen molar-refractivity contribution in [2.24, 2.45) is 14.1 Å². The summed E-state index contributed by atoms with van der Waals surface area (Å²) < 4.78 is 22.6. The second-order valence-corrected chi connectivity index (χ2v) is 5.21. The van der Waals surface area contributed by atoms with Crippen LogP contribution in [0.2, 0.25) is 0 Å². The Bertz CT molecular complexity index is 1020. The smallest absolute Gasteiger partial charge is 0.332 e. The minimum absolute atomic E-state index is 0.199. The minimum Gasteiger partial charge on any atom is -0.496 e. The topological polar surface area (TPSA) is 71.1 Å². The molecule has 23 heavy (non-hydrogen) atoms. The van der Waals surface area contributed by atoms with Gasteiger partial charge in [0.05, 0.1) is 20.0 Å². The Morgan fingerprint density at radius 1 is 1.22 bits per heavy atom. The molecule has 0 aliphatic heterocycles. The van der Waals surface area contributed by atoms with Gasteiger partial charge < -0.3 is 9.30 Å². The van der Waals surface area contributed by atoms with Gasteiger partial charge in [-0.2, -0.15) is 0 Å². The van der Waals surface area contributed by atoms with E-state index in [4.69, 9.17) is 4.74 Å². The Kier molecular flexibility index (Phi) is 3.51. The molecule has 0 aliphatic rings. The fourth-order valence-electron chi connectivity index (χ4n) is 2.57. The first-order valence-corrected chi connectivity index (χ1v) is 6.87. The van der Waals surface area contributed by atoms with Crippen LogP contribution >= 0.6 is 0 Å². The highest BCUT2D eigenvalue weighted by molar-refractivity contribution is 5.70. The lowest BCUT2D eigenvalue weighted by Crippen LogP contribution is -2.37. The molecular formula is C15H15FN4O3. The highest BCUT2D eigenvalue weighted by Crippen LogP contribution is 2.21. The molecule has 120 valence electrons. The molecule has 0 saturated carbocycles. The van der Waals surface area contributed by atoms with Gasteiger partial charge in [0.15, 0.2) is 11.2 Å². The van der Waals surface area contributed by atoms with Crippen molar-refractivity contribution in [3.05, 3.63) is 56.7 Å². The van der Waals surface area contributed by atoms with E-state index in [9.17, 15) is 14.0 Å². The Labute approximate surface area is 130 Å². The molecule has 0 radical (unpaired) electrons. The predicted molar refractivity (Wildman–Crippen MR) is 82.3 cm³/mol. The van der Waals surface area contributed by atoms with Gasteiger partial charge in [-0.1, -0.05) is 0 Å². The molecule has 0 spiro atoms. The van der Waals surface area contributed by atoms with Gasteiger partial charge in [-0.15, -0.1) is 0 Å². The van der Waals surface area contributed by atoms with Crippen LogP contribution in [0.15, 0.2) is 34.1 Å². The number of nitrogens with zero attached hydrogens (tertiary/aromatic N) is 4. The van der Waals surface area contributed by atoms with E-state index in [2.05, 4.69) is 4.98 Å². The maximum absolute atomic E-state index is 13.5. The Morgan fingerprint density at radius 3 is 2.65 bits per heavy atom. The van der Waals surface area contributed by atoms with Crippen LogP contribution in [0.5, 0.6) is 5.75 Å². The van der Waals surface area contributed by atoms with E-state index in [-0.39, 0.29) is 17.7 Å². The molecule has 3 aromatic rings. The van der Waals surface area contributed by atoms with Crippen LogP contribution in [0.1, 0.15) is 5.56 Å². The van der Waals surface area contributed by atoms with Crippen LogP contribution < -0.4 is 16.0 Å². The van der Waals surface area contributed by atoms with Gasteiger partial charge in [0.25, 0.3) is 5.56 Å². The number of methoxy groups -OCH3 is 1. The molecule has 7 nitrogen and oxygen atoms in total. The molecule has 0 bridgehead atoms. The van der Waals surface area contributed by atoms with Crippen LogP contribution in [0.4, 0.5) is 4.39 Å². The summed E-state index contributed by atoms with van der Waals surface area (Å²) in [6.45, 7) is 0.199. The quantitative estimate of drug-likeness (QED) is 0.710. The van der Waals surface area contributed by atoms with Crippen LogP contribution in [-0.2, 0) is 20.6 Å². The van der Waals surface area contributed by atoms with E-state index in [0.29, 0.717) is 11.3 Å². The lowest BCUT2D eigenvalue weighted by molar-refractivity contribution is 0.407. The van der Waals surface area contributed by atoms with E-state index in [1.165, 1.54) is 43.3 Å². The third-order valence-electron chi connectivity index (χ3n) is 3.80. The molecule has 8 heteroatoms. The van der Waals surface area contributed by atoms with Gasteiger partial charge in [0, 0.05) is 19.7 Å². The molecule has 2 heterocycles. The zero-order valence-electron chi connectivity index (χ0n) is 12.9. The van der Waals surface area contributed by atoms with Crippen molar-refractivity contribution in [1.82, 2.24) is 18.7 Å². The molecule has 0 amide bonds. The first kappa shape index (κ1) is 15.0. The highest BCUT2D eigenvalue weighted by atomic mass is 19.1. The van der Waals surface area contributed by atoms with Crippen LogP contribution in [0.25, 0.3) is 11.2 Å². The molecule has 0 N–H and O–H groups in total. The number of halogens is 1. The minimum atomic E-state index is -0.448. The van der Waals surface area contributed by atoms with Gasteiger partial charge in [-0.05, 0) is 18.2 Å². The number of aromatic nitrogens is 4. The standard InChI is InChI=1S/C15H15FN4O3/c1-18-13-12(14(21)19(2)15(18)22)20(8-17-13)7-9-6-10(16)4-5-11(9)23-3/h4-6,8H,7H2,1-3H3. The number of rotatable bonds is 3. The van der Waals surface area contributed by atoms with Crippen LogP contribution in [-0.4, -0.2) is 25.8 Å². The summed E-state index contributed by atoms with van der Waals surface area (Å²) >= 11 is 0.